The maximum atomic E-state index is 14.0. The second-order valence-corrected chi connectivity index (χ2v) is 7.91. The Bertz CT molecular complexity index is 660. The number of nitrogens with one attached hydrogen (secondary N) is 1. The molecule has 3 fully saturated rings. The Morgan fingerprint density at radius 2 is 1.85 bits per heavy atom. The Morgan fingerprint density at radius 3 is 2.40 bits per heavy atom. The van der Waals surface area contributed by atoms with Crippen molar-refractivity contribution >= 4 is 15.7 Å². The number of primary sulfonamides is 1. The zero-order chi connectivity index (χ0) is 14.1. The van der Waals surface area contributed by atoms with Gasteiger partial charge in [-0.3, -0.25) is 0 Å². The molecule has 0 aromatic heterocycles. The minimum Gasteiger partial charge on any atom is -0.379 e. The molecule has 0 saturated heterocycles. The molecule has 0 heterocycles. The molecule has 0 aliphatic heterocycles. The molecule has 0 spiro atoms. The molecule has 0 amide bonds. The van der Waals surface area contributed by atoms with Crippen LogP contribution in [0.1, 0.15) is 19.3 Å². The van der Waals surface area contributed by atoms with E-state index in [0.29, 0.717) is 23.6 Å². The summed E-state index contributed by atoms with van der Waals surface area (Å²) < 4.78 is 36.3. The lowest BCUT2D eigenvalue weighted by Crippen LogP contribution is -2.15. The lowest BCUT2D eigenvalue weighted by atomic mass is 10.0. The highest BCUT2D eigenvalue weighted by molar-refractivity contribution is 7.89. The van der Waals surface area contributed by atoms with E-state index in [2.05, 4.69) is 5.32 Å². The predicted molar refractivity (Wildman–Crippen MR) is 73.0 cm³/mol. The first kappa shape index (κ1) is 12.6. The Balaban J connectivity index is 1.53. The SMILES string of the molecule is NS(=O)(=O)c1ccc(NC2C3C4CCC(C4)C23)c(F)c1. The number of hydrogen-bond donors (Lipinski definition) is 2. The van der Waals surface area contributed by atoms with Crippen molar-refractivity contribution in [1.29, 1.82) is 0 Å². The van der Waals surface area contributed by atoms with Gasteiger partial charge < -0.3 is 5.32 Å². The highest BCUT2D eigenvalue weighted by Crippen LogP contribution is 2.66. The maximum Gasteiger partial charge on any atom is 0.238 e. The van der Waals surface area contributed by atoms with Crippen LogP contribution in [0.2, 0.25) is 0 Å². The van der Waals surface area contributed by atoms with Gasteiger partial charge in [0.15, 0.2) is 0 Å². The standard InChI is InChI=1S/C14H17FN2O2S/c15-10-6-9(20(16,18)19)3-4-11(10)17-14-12-7-1-2-8(5-7)13(12)14/h3-4,6-8,12-14,17H,1-2,5H2,(H2,16,18,19). The van der Waals surface area contributed by atoms with E-state index < -0.39 is 15.8 Å². The van der Waals surface area contributed by atoms with Crippen molar-refractivity contribution < 1.29 is 12.8 Å². The van der Waals surface area contributed by atoms with E-state index in [-0.39, 0.29) is 4.90 Å². The lowest BCUT2D eigenvalue weighted by Gasteiger charge is -2.13. The second kappa shape index (κ2) is 3.95. The first-order chi connectivity index (χ1) is 9.45. The molecular formula is C14H17FN2O2S. The quantitative estimate of drug-likeness (QED) is 0.895. The van der Waals surface area contributed by atoms with Gasteiger partial charge in [-0.1, -0.05) is 0 Å². The molecule has 6 heteroatoms. The fourth-order valence-electron chi connectivity index (χ4n) is 4.49. The lowest BCUT2D eigenvalue weighted by molar-refractivity contribution is 0.456. The number of hydrogen-bond acceptors (Lipinski definition) is 3. The van der Waals surface area contributed by atoms with E-state index in [9.17, 15) is 12.8 Å². The highest BCUT2D eigenvalue weighted by Gasteiger charge is 2.65. The first-order valence-corrected chi connectivity index (χ1v) is 8.58. The van der Waals surface area contributed by atoms with E-state index >= 15 is 0 Å². The van der Waals surface area contributed by atoms with Crippen LogP contribution < -0.4 is 10.5 Å². The summed E-state index contributed by atoms with van der Waals surface area (Å²) in [6, 6.07) is 4.19. The molecular weight excluding hydrogens is 279 g/mol. The minimum absolute atomic E-state index is 0.184. The van der Waals surface area contributed by atoms with Crippen molar-refractivity contribution in [2.24, 2.45) is 28.8 Å². The van der Waals surface area contributed by atoms with Gasteiger partial charge in [0.25, 0.3) is 0 Å². The van der Waals surface area contributed by atoms with Gasteiger partial charge in [-0.05, 0) is 61.1 Å². The van der Waals surface area contributed by atoms with Crippen LogP contribution in [-0.4, -0.2) is 14.5 Å². The highest BCUT2D eigenvalue weighted by atomic mass is 32.2. The van der Waals surface area contributed by atoms with Crippen LogP contribution in [0.5, 0.6) is 0 Å². The molecule has 0 radical (unpaired) electrons. The van der Waals surface area contributed by atoms with E-state index in [1.165, 1.54) is 31.4 Å². The third-order valence-corrected chi connectivity index (χ3v) is 6.24. The smallest absolute Gasteiger partial charge is 0.238 e. The van der Waals surface area contributed by atoms with E-state index in [1.807, 2.05) is 0 Å². The number of nitrogens with two attached hydrogens (primary N) is 1. The Kier molecular flexibility index (Phi) is 2.49. The minimum atomic E-state index is -3.85. The van der Waals surface area contributed by atoms with Crippen LogP contribution in [-0.2, 0) is 10.0 Å². The summed E-state index contributed by atoms with van der Waals surface area (Å²) in [5, 5.41) is 8.25. The van der Waals surface area contributed by atoms with Gasteiger partial charge in [-0.2, -0.15) is 0 Å². The summed E-state index contributed by atoms with van der Waals surface area (Å²) >= 11 is 0. The molecule has 1 aromatic carbocycles. The summed E-state index contributed by atoms with van der Waals surface area (Å²) in [5.41, 5.74) is 0.385. The molecule has 4 unspecified atom stereocenters. The van der Waals surface area contributed by atoms with Gasteiger partial charge in [0.2, 0.25) is 10.0 Å². The summed E-state index contributed by atoms with van der Waals surface area (Å²) in [6.45, 7) is 0. The average Bonchev–Trinajstić information content (AvgIpc) is 2.78. The normalized spacial score (nSPS) is 37.8. The van der Waals surface area contributed by atoms with Crippen molar-refractivity contribution in [3.8, 4) is 0 Å². The van der Waals surface area contributed by atoms with Gasteiger partial charge in [-0.25, -0.2) is 17.9 Å². The first-order valence-electron chi connectivity index (χ1n) is 7.04. The molecule has 108 valence electrons. The Hall–Kier alpha value is -1.14. The van der Waals surface area contributed by atoms with Crippen LogP contribution in [0.25, 0.3) is 0 Å². The fraction of sp³-hybridized carbons (Fsp3) is 0.571. The summed E-state index contributed by atoms with van der Waals surface area (Å²) in [5.74, 6) is 2.48. The van der Waals surface area contributed by atoms with Crippen molar-refractivity contribution in [2.45, 2.75) is 30.2 Å². The topological polar surface area (TPSA) is 72.2 Å². The van der Waals surface area contributed by atoms with Crippen molar-refractivity contribution in [3.63, 3.8) is 0 Å². The van der Waals surface area contributed by atoms with E-state index in [1.54, 1.807) is 0 Å². The number of sulfonamides is 1. The molecule has 2 bridgehead atoms. The van der Waals surface area contributed by atoms with Gasteiger partial charge in [0.1, 0.15) is 5.82 Å². The zero-order valence-corrected chi connectivity index (χ0v) is 11.7. The Morgan fingerprint density at radius 1 is 1.20 bits per heavy atom. The van der Waals surface area contributed by atoms with E-state index in [0.717, 1.165) is 17.9 Å². The molecule has 4 nitrogen and oxygen atoms in total. The van der Waals surface area contributed by atoms with Crippen LogP contribution in [0, 0.1) is 29.5 Å². The van der Waals surface area contributed by atoms with Crippen molar-refractivity contribution in [1.82, 2.24) is 0 Å². The monoisotopic (exact) mass is 296 g/mol. The maximum absolute atomic E-state index is 14.0. The number of rotatable bonds is 3. The molecule has 3 aliphatic carbocycles. The molecule has 3 saturated carbocycles. The van der Waals surface area contributed by atoms with Crippen molar-refractivity contribution in [3.05, 3.63) is 24.0 Å². The summed E-state index contributed by atoms with van der Waals surface area (Å²) in [6.07, 6.45) is 3.98. The summed E-state index contributed by atoms with van der Waals surface area (Å²) in [4.78, 5) is -0.184. The van der Waals surface area contributed by atoms with Gasteiger partial charge in [0.05, 0.1) is 10.6 Å². The second-order valence-electron chi connectivity index (χ2n) is 6.34. The van der Waals surface area contributed by atoms with Gasteiger partial charge in [-0.15, -0.1) is 0 Å². The van der Waals surface area contributed by atoms with Crippen LogP contribution in [0.15, 0.2) is 23.1 Å². The van der Waals surface area contributed by atoms with E-state index in [4.69, 9.17) is 5.14 Å². The molecule has 1 aromatic rings. The molecule has 3 N–H and O–H groups in total. The van der Waals surface area contributed by atoms with Crippen LogP contribution in [0.4, 0.5) is 10.1 Å². The predicted octanol–water partition coefficient (Wildman–Crippen LogP) is 1.93. The number of anilines is 1. The molecule has 4 atom stereocenters. The summed E-state index contributed by atoms with van der Waals surface area (Å²) in [7, 11) is -3.85. The van der Waals surface area contributed by atoms with Gasteiger partial charge in [0, 0.05) is 6.04 Å². The number of fused-ring (bicyclic) bond motifs is 5. The zero-order valence-electron chi connectivity index (χ0n) is 10.9. The number of halogens is 1. The molecule has 4 rings (SSSR count). The third-order valence-electron chi connectivity index (χ3n) is 5.33. The van der Waals surface area contributed by atoms with Crippen LogP contribution in [0.3, 0.4) is 0 Å². The third kappa shape index (κ3) is 1.78. The van der Waals surface area contributed by atoms with Gasteiger partial charge >= 0.3 is 0 Å². The molecule has 20 heavy (non-hydrogen) atoms. The van der Waals surface area contributed by atoms with Crippen molar-refractivity contribution in [2.75, 3.05) is 5.32 Å². The Labute approximate surface area is 117 Å². The average molecular weight is 296 g/mol. The molecule has 3 aliphatic rings. The number of benzene rings is 1. The van der Waals surface area contributed by atoms with Crippen LogP contribution >= 0.6 is 0 Å². The largest absolute Gasteiger partial charge is 0.379 e. The fourth-order valence-corrected chi connectivity index (χ4v) is 5.01.